The molecule has 0 aliphatic carbocycles. The van der Waals surface area contributed by atoms with E-state index < -0.39 is 11.9 Å². The molecule has 0 saturated heterocycles. The number of carboxylic acids is 1. The molecule has 0 amide bonds. The summed E-state index contributed by atoms with van der Waals surface area (Å²) in [5, 5.41) is 10.3. The summed E-state index contributed by atoms with van der Waals surface area (Å²) in [5.41, 5.74) is 8.29. The van der Waals surface area contributed by atoms with Gasteiger partial charge in [0, 0.05) is 32.3 Å². The summed E-state index contributed by atoms with van der Waals surface area (Å²) in [6.07, 6.45) is 0. The van der Waals surface area contributed by atoms with Crippen LogP contribution in [0.4, 0.5) is 0 Å². The molecule has 6 aromatic rings. The highest BCUT2D eigenvalue weighted by Gasteiger charge is 2.31. The van der Waals surface area contributed by atoms with Crippen molar-refractivity contribution in [3.63, 3.8) is 0 Å². The van der Waals surface area contributed by atoms with Crippen LogP contribution in [0.25, 0.3) is 22.3 Å². The second-order valence-electron chi connectivity index (χ2n) is 13.4. The second kappa shape index (κ2) is 18.1. The molecule has 0 saturated carbocycles. The summed E-state index contributed by atoms with van der Waals surface area (Å²) in [4.78, 5) is 36.6. The highest BCUT2D eigenvalue weighted by atomic mass is 35.5. The van der Waals surface area contributed by atoms with Gasteiger partial charge in [0.05, 0.1) is 16.7 Å². The van der Waals surface area contributed by atoms with Crippen molar-refractivity contribution in [2.24, 2.45) is 0 Å². The Morgan fingerprint density at radius 2 is 1.05 bits per heavy atom. The predicted molar refractivity (Wildman–Crippen MR) is 225 cm³/mol. The third-order valence-electron chi connectivity index (χ3n) is 9.43. The SMILES string of the molecule is Cc1cccc(C2=C(c3cc(Cl)ccc3OCc3ccccc3)C(=O)OC2)c1.O=C1OCC(c2cccc(C(=O)O)c2)=C1c1cc(Cl)ccc1OCc1ccccc1. The normalized spacial score (nSPS) is 13.4. The van der Waals surface area contributed by atoms with E-state index in [1.54, 1.807) is 48.5 Å². The first-order valence-corrected chi connectivity index (χ1v) is 19.0. The fourth-order valence-corrected chi connectivity index (χ4v) is 6.95. The number of halogens is 2. The predicted octanol–water partition coefficient (Wildman–Crippen LogP) is 10.8. The van der Waals surface area contributed by atoms with Crippen molar-refractivity contribution in [3.05, 3.63) is 200 Å². The van der Waals surface area contributed by atoms with Gasteiger partial charge in [-0.3, -0.25) is 0 Å². The molecule has 10 heteroatoms. The van der Waals surface area contributed by atoms with Crippen LogP contribution in [0.1, 0.15) is 49.3 Å². The molecular formula is C48H36Cl2O8. The van der Waals surface area contributed by atoms with E-state index in [0.717, 1.165) is 27.8 Å². The fourth-order valence-electron chi connectivity index (χ4n) is 6.60. The summed E-state index contributed by atoms with van der Waals surface area (Å²) in [7, 11) is 0. The van der Waals surface area contributed by atoms with E-state index in [1.165, 1.54) is 12.1 Å². The second-order valence-corrected chi connectivity index (χ2v) is 14.3. The van der Waals surface area contributed by atoms with Crippen molar-refractivity contribution in [2.45, 2.75) is 20.1 Å². The lowest BCUT2D eigenvalue weighted by molar-refractivity contribution is -0.134. The number of ether oxygens (including phenoxy) is 4. The van der Waals surface area contributed by atoms with Gasteiger partial charge in [-0.25, -0.2) is 14.4 Å². The van der Waals surface area contributed by atoms with Crippen LogP contribution in [0.3, 0.4) is 0 Å². The van der Waals surface area contributed by atoms with Gasteiger partial charge in [-0.2, -0.15) is 0 Å². The lowest BCUT2D eigenvalue weighted by Crippen LogP contribution is -2.03. The van der Waals surface area contributed by atoms with Crippen LogP contribution in [-0.4, -0.2) is 36.2 Å². The first-order chi connectivity index (χ1) is 28.1. The molecule has 2 aliphatic heterocycles. The zero-order valence-corrected chi connectivity index (χ0v) is 32.8. The molecule has 0 bridgehead atoms. The Morgan fingerprint density at radius 3 is 1.52 bits per heavy atom. The van der Waals surface area contributed by atoms with Crippen molar-refractivity contribution < 1.29 is 38.4 Å². The minimum absolute atomic E-state index is 0.0435. The van der Waals surface area contributed by atoms with Crippen LogP contribution >= 0.6 is 23.2 Å². The molecule has 290 valence electrons. The van der Waals surface area contributed by atoms with E-state index in [-0.39, 0.29) is 24.7 Å². The summed E-state index contributed by atoms with van der Waals surface area (Å²) < 4.78 is 22.7. The van der Waals surface area contributed by atoms with Crippen molar-refractivity contribution in [3.8, 4) is 11.5 Å². The van der Waals surface area contributed by atoms with Crippen molar-refractivity contribution in [1.82, 2.24) is 0 Å². The molecule has 8 nitrogen and oxygen atoms in total. The van der Waals surface area contributed by atoms with Crippen molar-refractivity contribution in [2.75, 3.05) is 13.2 Å². The molecule has 8 rings (SSSR count). The highest BCUT2D eigenvalue weighted by Crippen LogP contribution is 2.40. The minimum Gasteiger partial charge on any atom is -0.488 e. The number of esters is 2. The maximum Gasteiger partial charge on any atom is 0.339 e. The lowest BCUT2D eigenvalue weighted by atomic mass is 9.95. The summed E-state index contributed by atoms with van der Waals surface area (Å²) in [6, 6.07) is 44.4. The van der Waals surface area contributed by atoms with E-state index in [4.69, 9.17) is 42.1 Å². The maximum absolute atomic E-state index is 12.6. The molecule has 2 aliphatic rings. The molecule has 0 spiro atoms. The van der Waals surface area contributed by atoms with Crippen molar-refractivity contribution in [1.29, 1.82) is 0 Å². The van der Waals surface area contributed by atoms with E-state index >= 15 is 0 Å². The average molecular weight is 812 g/mol. The van der Waals surface area contributed by atoms with Gasteiger partial charge in [0.1, 0.15) is 37.9 Å². The van der Waals surface area contributed by atoms with Gasteiger partial charge in [-0.15, -0.1) is 0 Å². The quantitative estimate of drug-likeness (QED) is 0.129. The van der Waals surface area contributed by atoms with Crippen LogP contribution in [0.2, 0.25) is 10.0 Å². The Morgan fingerprint density at radius 1 is 0.586 bits per heavy atom. The van der Waals surface area contributed by atoms with E-state index in [2.05, 4.69) is 0 Å². The third kappa shape index (κ3) is 9.32. The zero-order chi connectivity index (χ0) is 40.6. The van der Waals surface area contributed by atoms with Gasteiger partial charge in [0.15, 0.2) is 0 Å². The summed E-state index contributed by atoms with van der Waals surface area (Å²) >= 11 is 12.5. The van der Waals surface area contributed by atoms with Crippen LogP contribution in [0.15, 0.2) is 146 Å². The number of carbonyl (C=O) groups excluding carboxylic acids is 2. The van der Waals surface area contributed by atoms with Crippen LogP contribution in [0.5, 0.6) is 11.5 Å². The zero-order valence-electron chi connectivity index (χ0n) is 31.2. The van der Waals surface area contributed by atoms with E-state index in [0.29, 0.717) is 68.2 Å². The van der Waals surface area contributed by atoms with Gasteiger partial charge < -0.3 is 24.1 Å². The number of rotatable bonds is 11. The van der Waals surface area contributed by atoms with Gasteiger partial charge >= 0.3 is 17.9 Å². The van der Waals surface area contributed by atoms with E-state index in [9.17, 15) is 19.5 Å². The van der Waals surface area contributed by atoms with Gasteiger partial charge in [-0.05, 0) is 77.7 Å². The number of carboxylic acid groups (broad SMARTS) is 1. The Kier molecular flexibility index (Phi) is 12.4. The lowest BCUT2D eigenvalue weighted by Gasteiger charge is -2.13. The molecular weight excluding hydrogens is 775 g/mol. The summed E-state index contributed by atoms with van der Waals surface area (Å²) in [6.45, 7) is 3.03. The van der Waals surface area contributed by atoms with Gasteiger partial charge in [-0.1, -0.05) is 126 Å². The average Bonchev–Trinajstić information content (AvgIpc) is 3.82. The van der Waals surface area contributed by atoms with Crippen LogP contribution in [0, 0.1) is 6.92 Å². The smallest absolute Gasteiger partial charge is 0.339 e. The largest absolute Gasteiger partial charge is 0.488 e. The van der Waals surface area contributed by atoms with Crippen LogP contribution in [-0.2, 0) is 32.3 Å². The van der Waals surface area contributed by atoms with E-state index in [1.807, 2.05) is 91.9 Å². The highest BCUT2D eigenvalue weighted by molar-refractivity contribution is 6.33. The number of cyclic esters (lactones) is 2. The topological polar surface area (TPSA) is 108 Å². The monoisotopic (exact) mass is 810 g/mol. The molecule has 2 heterocycles. The van der Waals surface area contributed by atoms with Crippen LogP contribution < -0.4 is 9.47 Å². The number of hydrogen-bond acceptors (Lipinski definition) is 7. The number of aromatic carboxylic acids is 1. The molecule has 6 aromatic carbocycles. The first-order valence-electron chi connectivity index (χ1n) is 18.3. The molecule has 0 atom stereocenters. The molecule has 0 fully saturated rings. The molecule has 0 unspecified atom stereocenters. The standard InChI is InChI=1S/C24H17ClO5.C24H19ClO3/c25-18-9-10-21(29-13-15-5-2-1-3-6-15)19(12-18)22-20(14-30-24(22)28)16-7-4-8-17(11-16)23(26)27;1-16-6-5-9-18(12-16)21-15-28-24(26)23(21)20-13-19(25)10-11-22(20)27-14-17-7-3-2-4-8-17/h1-12H,13-14H2,(H,26,27);2-13H,14-15H2,1H3. The number of carbonyl (C=O) groups is 3. The Balaban J connectivity index is 0.000000177. The minimum atomic E-state index is -1.04. The molecule has 58 heavy (non-hydrogen) atoms. The Bertz CT molecular complexity index is 2560. The fraction of sp³-hybridized carbons (Fsp3) is 0.104. The number of hydrogen-bond donors (Lipinski definition) is 1. The molecule has 1 N–H and O–H groups in total. The number of benzene rings is 6. The Labute approximate surface area is 345 Å². The number of aryl methyl sites for hydroxylation is 1. The van der Waals surface area contributed by atoms with Gasteiger partial charge in [0.2, 0.25) is 0 Å². The molecule has 0 radical (unpaired) electrons. The van der Waals surface area contributed by atoms with Crippen molar-refractivity contribution >= 4 is 63.4 Å². The maximum atomic E-state index is 12.6. The Hall–Kier alpha value is -6.61. The third-order valence-corrected chi connectivity index (χ3v) is 9.90. The van der Waals surface area contributed by atoms with Gasteiger partial charge in [0.25, 0.3) is 0 Å². The summed E-state index contributed by atoms with van der Waals surface area (Å²) in [5.74, 6) is -0.809. The first kappa shape index (κ1) is 39.6. The molecule has 0 aromatic heterocycles.